The molecule has 3 atom stereocenters. The number of nitrogens with one attached hydrogen (secondary N) is 1. The molecule has 1 heterocycles. The fourth-order valence-electron chi connectivity index (χ4n) is 2.95. The molecular weight excluding hydrogens is 242 g/mol. The molecule has 1 saturated heterocycles. The van der Waals surface area contributed by atoms with Crippen LogP contribution < -0.4 is 5.32 Å². The van der Waals surface area contributed by atoms with E-state index < -0.39 is 6.10 Å². The third kappa shape index (κ3) is 2.65. The summed E-state index contributed by atoms with van der Waals surface area (Å²) in [6.45, 7) is 0.473. The number of aryl methyl sites for hydroxylation is 1. The van der Waals surface area contributed by atoms with Crippen molar-refractivity contribution in [2.75, 3.05) is 6.54 Å². The van der Waals surface area contributed by atoms with Gasteiger partial charge < -0.3 is 15.2 Å². The summed E-state index contributed by atoms with van der Waals surface area (Å²) in [7, 11) is 0. The van der Waals surface area contributed by atoms with Crippen LogP contribution in [0.4, 0.5) is 0 Å². The normalized spacial score (nSPS) is 29.8. The number of aliphatic hydroxyl groups is 1. The van der Waals surface area contributed by atoms with E-state index in [0.717, 1.165) is 24.8 Å². The summed E-state index contributed by atoms with van der Waals surface area (Å²) in [5.41, 5.74) is 2.42. The number of carbonyl (C=O) groups is 1. The summed E-state index contributed by atoms with van der Waals surface area (Å²) >= 11 is 0. The van der Waals surface area contributed by atoms with E-state index in [0.29, 0.717) is 13.0 Å². The Morgan fingerprint density at radius 2 is 2.21 bits per heavy atom. The average molecular weight is 261 g/mol. The summed E-state index contributed by atoms with van der Waals surface area (Å²) in [5.74, 6) is -0.238. The topological polar surface area (TPSA) is 58.6 Å². The van der Waals surface area contributed by atoms with Crippen molar-refractivity contribution in [1.82, 2.24) is 5.32 Å². The first-order valence-electron chi connectivity index (χ1n) is 6.94. The Morgan fingerprint density at radius 3 is 3.00 bits per heavy atom. The number of ether oxygens (including phenoxy) is 1. The summed E-state index contributed by atoms with van der Waals surface area (Å²) in [6, 6.07) is 7.81. The van der Waals surface area contributed by atoms with Gasteiger partial charge in [-0.3, -0.25) is 4.79 Å². The van der Waals surface area contributed by atoms with Crippen LogP contribution in [0, 0.1) is 0 Å². The van der Waals surface area contributed by atoms with Crippen molar-refractivity contribution in [3.05, 3.63) is 35.4 Å². The Balaban J connectivity index is 1.69. The van der Waals surface area contributed by atoms with Gasteiger partial charge in [-0.1, -0.05) is 24.3 Å². The van der Waals surface area contributed by atoms with Gasteiger partial charge in [0, 0.05) is 13.0 Å². The monoisotopic (exact) mass is 261 g/mol. The lowest BCUT2D eigenvalue weighted by Gasteiger charge is -2.26. The highest BCUT2D eigenvalue weighted by Crippen LogP contribution is 2.32. The number of fused-ring (bicyclic) bond motifs is 1. The van der Waals surface area contributed by atoms with Crippen LogP contribution in [0.3, 0.4) is 0 Å². The molecule has 102 valence electrons. The SMILES string of the molecule is O=C(OC1CCCc2ccccc21)[C@@H]1C[C@@H](O)CN1. The van der Waals surface area contributed by atoms with Crippen LogP contribution in [-0.4, -0.2) is 29.8 Å². The highest BCUT2D eigenvalue weighted by Gasteiger charge is 2.32. The first kappa shape index (κ1) is 12.6. The number of hydrogen-bond donors (Lipinski definition) is 2. The average Bonchev–Trinajstić information content (AvgIpc) is 2.86. The highest BCUT2D eigenvalue weighted by molar-refractivity contribution is 5.76. The third-order valence-electron chi connectivity index (χ3n) is 3.96. The minimum Gasteiger partial charge on any atom is -0.456 e. The van der Waals surface area contributed by atoms with Crippen LogP contribution >= 0.6 is 0 Å². The van der Waals surface area contributed by atoms with Crippen LogP contribution in [0.2, 0.25) is 0 Å². The number of rotatable bonds is 2. The van der Waals surface area contributed by atoms with Gasteiger partial charge in [0.1, 0.15) is 12.1 Å². The van der Waals surface area contributed by atoms with Crippen molar-refractivity contribution >= 4 is 5.97 Å². The van der Waals surface area contributed by atoms with E-state index in [9.17, 15) is 9.90 Å². The smallest absolute Gasteiger partial charge is 0.323 e. The van der Waals surface area contributed by atoms with Crippen molar-refractivity contribution in [2.45, 2.75) is 43.9 Å². The van der Waals surface area contributed by atoms with Crippen molar-refractivity contribution in [1.29, 1.82) is 0 Å². The van der Waals surface area contributed by atoms with Crippen LogP contribution in [-0.2, 0) is 16.0 Å². The maximum absolute atomic E-state index is 12.1. The van der Waals surface area contributed by atoms with Gasteiger partial charge in [0.25, 0.3) is 0 Å². The van der Waals surface area contributed by atoms with Gasteiger partial charge in [-0.25, -0.2) is 0 Å². The van der Waals surface area contributed by atoms with E-state index in [-0.39, 0.29) is 18.1 Å². The number of β-amino-alcohol motifs (C(OH)–C–C–N with tert-alkyl or cyclic N) is 1. The lowest BCUT2D eigenvalue weighted by molar-refractivity contribution is -0.152. The molecule has 0 aromatic heterocycles. The molecule has 1 aliphatic carbocycles. The van der Waals surface area contributed by atoms with Crippen LogP contribution in [0.1, 0.15) is 36.5 Å². The molecule has 3 rings (SSSR count). The number of hydrogen-bond acceptors (Lipinski definition) is 4. The molecule has 19 heavy (non-hydrogen) atoms. The van der Waals surface area contributed by atoms with E-state index >= 15 is 0 Å². The Bertz CT molecular complexity index is 474. The molecule has 0 saturated carbocycles. The van der Waals surface area contributed by atoms with E-state index in [1.165, 1.54) is 5.56 Å². The lowest BCUT2D eigenvalue weighted by atomic mass is 9.89. The first-order chi connectivity index (χ1) is 9.24. The fraction of sp³-hybridized carbons (Fsp3) is 0.533. The van der Waals surface area contributed by atoms with Gasteiger partial charge >= 0.3 is 5.97 Å². The predicted molar refractivity (Wildman–Crippen MR) is 70.6 cm³/mol. The Morgan fingerprint density at radius 1 is 1.37 bits per heavy atom. The van der Waals surface area contributed by atoms with Gasteiger partial charge in [-0.2, -0.15) is 0 Å². The second kappa shape index (κ2) is 5.31. The molecule has 2 aliphatic rings. The van der Waals surface area contributed by atoms with Crippen molar-refractivity contribution < 1.29 is 14.6 Å². The molecule has 1 aromatic carbocycles. The molecule has 2 N–H and O–H groups in total. The Hall–Kier alpha value is -1.39. The molecule has 1 fully saturated rings. The minimum atomic E-state index is -0.434. The zero-order chi connectivity index (χ0) is 13.2. The molecule has 1 unspecified atom stereocenters. The largest absolute Gasteiger partial charge is 0.456 e. The summed E-state index contributed by atoms with van der Waals surface area (Å²) < 4.78 is 5.64. The molecule has 0 radical (unpaired) electrons. The number of aliphatic hydroxyl groups excluding tert-OH is 1. The number of benzene rings is 1. The standard InChI is InChI=1S/C15H19NO3/c17-11-8-13(16-9-11)15(18)19-14-7-3-5-10-4-1-2-6-12(10)14/h1-2,4,6,11,13-14,16-17H,3,5,7-9H2/t11-,13+,14?/m1/s1. The van der Waals surface area contributed by atoms with Crippen LogP contribution in [0.5, 0.6) is 0 Å². The second-order valence-electron chi connectivity index (χ2n) is 5.37. The summed E-state index contributed by atoms with van der Waals surface area (Å²) in [5, 5.41) is 12.4. The van der Waals surface area contributed by atoms with E-state index in [2.05, 4.69) is 11.4 Å². The molecule has 0 spiro atoms. The maximum Gasteiger partial charge on any atom is 0.323 e. The third-order valence-corrected chi connectivity index (χ3v) is 3.96. The molecular formula is C15H19NO3. The quantitative estimate of drug-likeness (QED) is 0.789. The molecule has 4 heteroatoms. The van der Waals surface area contributed by atoms with Gasteiger partial charge in [-0.05, 0) is 30.4 Å². The van der Waals surface area contributed by atoms with Gasteiger partial charge in [0.05, 0.1) is 6.10 Å². The van der Waals surface area contributed by atoms with Crippen molar-refractivity contribution in [3.63, 3.8) is 0 Å². The Labute approximate surface area is 112 Å². The van der Waals surface area contributed by atoms with Gasteiger partial charge in [-0.15, -0.1) is 0 Å². The molecule has 1 aliphatic heterocycles. The molecule has 0 bridgehead atoms. The fourth-order valence-corrected chi connectivity index (χ4v) is 2.95. The Kier molecular flexibility index (Phi) is 3.53. The first-order valence-corrected chi connectivity index (χ1v) is 6.94. The zero-order valence-corrected chi connectivity index (χ0v) is 10.8. The summed E-state index contributed by atoms with van der Waals surface area (Å²) in [6.07, 6.45) is 2.89. The van der Waals surface area contributed by atoms with Crippen molar-refractivity contribution in [3.8, 4) is 0 Å². The highest BCUT2D eigenvalue weighted by atomic mass is 16.5. The summed E-state index contributed by atoms with van der Waals surface area (Å²) in [4.78, 5) is 12.1. The minimum absolute atomic E-state index is 0.128. The molecule has 4 nitrogen and oxygen atoms in total. The maximum atomic E-state index is 12.1. The van der Waals surface area contributed by atoms with E-state index in [1.54, 1.807) is 0 Å². The van der Waals surface area contributed by atoms with Gasteiger partial charge in [0.2, 0.25) is 0 Å². The lowest BCUT2D eigenvalue weighted by Crippen LogP contribution is -2.33. The van der Waals surface area contributed by atoms with Crippen LogP contribution in [0.15, 0.2) is 24.3 Å². The second-order valence-corrected chi connectivity index (χ2v) is 5.37. The van der Waals surface area contributed by atoms with Crippen molar-refractivity contribution in [2.24, 2.45) is 0 Å². The van der Waals surface area contributed by atoms with Gasteiger partial charge in [0.15, 0.2) is 0 Å². The van der Waals surface area contributed by atoms with E-state index in [4.69, 9.17) is 4.74 Å². The molecule has 1 aromatic rings. The zero-order valence-electron chi connectivity index (χ0n) is 10.8. The predicted octanol–water partition coefficient (Wildman–Crippen LogP) is 1.33. The van der Waals surface area contributed by atoms with Crippen LogP contribution in [0.25, 0.3) is 0 Å². The van der Waals surface area contributed by atoms with E-state index in [1.807, 2.05) is 18.2 Å². The number of esters is 1. The number of carbonyl (C=O) groups excluding carboxylic acids is 1. The molecule has 0 amide bonds.